The largest absolute Gasteiger partial charge is 0.495 e. The molecule has 1 heterocycles. The first-order valence-corrected chi connectivity index (χ1v) is 9.05. The zero-order valence-corrected chi connectivity index (χ0v) is 14.3. The minimum Gasteiger partial charge on any atom is -0.495 e. The van der Waals surface area contributed by atoms with Gasteiger partial charge in [0.15, 0.2) is 0 Å². The summed E-state index contributed by atoms with van der Waals surface area (Å²) in [5.41, 5.74) is 0.432. The molecule has 1 aromatic carbocycles. The van der Waals surface area contributed by atoms with E-state index in [1.165, 1.54) is 17.5 Å². The van der Waals surface area contributed by atoms with Crippen molar-refractivity contribution in [2.75, 3.05) is 39.1 Å². The van der Waals surface area contributed by atoms with Gasteiger partial charge >= 0.3 is 0 Å². The molecule has 1 aromatic rings. The lowest BCUT2D eigenvalue weighted by molar-refractivity contribution is -0.115. The fraction of sp³-hybridized carbons (Fsp3) is 0.533. The minimum atomic E-state index is -3.63. The summed E-state index contributed by atoms with van der Waals surface area (Å²) in [6.07, 6.45) is 2.77. The molecule has 0 saturated carbocycles. The second-order valence-electron chi connectivity index (χ2n) is 5.41. The number of hydrogen-bond donors (Lipinski definition) is 2. The van der Waals surface area contributed by atoms with Gasteiger partial charge in [0.1, 0.15) is 10.6 Å². The summed E-state index contributed by atoms with van der Waals surface area (Å²) in [4.78, 5) is 11.8. The Morgan fingerprint density at radius 1 is 1.26 bits per heavy atom. The number of likely N-dealkylation sites (N-methyl/N-ethyl adjacent to an activating group) is 1. The third-order valence-electron chi connectivity index (χ3n) is 3.72. The number of carbonyl (C=O) groups is 1. The molecule has 1 fully saturated rings. The quantitative estimate of drug-likeness (QED) is 0.807. The number of hydrogen-bond acceptors (Lipinski definition) is 5. The van der Waals surface area contributed by atoms with Gasteiger partial charge in [0.05, 0.1) is 13.7 Å². The standard InChI is InChI=1S/C15H23N3O4S/c1-16-11-15(19)17-12-6-7-13(22-2)14(10-12)23(20,21)18-8-4-3-5-9-18/h6-7,10,16H,3-5,8-9,11H2,1-2H3,(H,17,19). The zero-order chi connectivity index (χ0) is 16.9. The molecular weight excluding hydrogens is 318 g/mol. The first-order valence-electron chi connectivity index (χ1n) is 7.61. The van der Waals surface area contributed by atoms with E-state index in [1.54, 1.807) is 19.2 Å². The number of ether oxygens (including phenoxy) is 1. The van der Waals surface area contributed by atoms with Crippen molar-refractivity contribution < 1.29 is 17.9 Å². The Labute approximate surface area is 137 Å². The first-order chi connectivity index (χ1) is 11.0. The molecule has 2 N–H and O–H groups in total. The van der Waals surface area contributed by atoms with Crippen LogP contribution in [-0.2, 0) is 14.8 Å². The van der Waals surface area contributed by atoms with Crippen LogP contribution in [0.3, 0.4) is 0 Å². The Hall–Kier alpha value is -1.64. The molecule has 0 aliphatic carbocycles. The van der Waals surface area contributed by atoms with Crippen LogP contribution < -0.4 is 15.4 Å². The topological polar surface area (TPSA) is 87.7 Å². The van der Waals surface area contributed by atoms with Gasteiger partial charge in [-0.2, -0.15) is 4.31 Å². The highest BCUT2D eigenvalue weighted by molar-refractivity contribution is 7.89. The van der Waals surface area contributed by atoms with Crippen molar-refractivity contribution in [3.63, 3.8) is 0 Å². The van der Waals surface area contributed by atoms with Crippen molar-refractivity contribution in [1.29, 1.82) is 0 Å². The third-order valence-corrected chi connectivity index (χ3v) is 5.64. The van der Waals surface area contributed by atoms with E-state index < -0.39 is 10.0 Å². The molecule has 1 saturated heterocycles. The van der Waals surface area contributed by atoms with E-state index in [0.29, 0.717) is 18.8 Å². The number of anilines is 1. The van der Waals surface area contributed by atoms with Crippen molar-refractivity contribution >= 4 is 21.6 Å². The maximum Gasteiger partial charge on any atom is 0.246 e. The molecule has 0 spiro atoms. The van der Waals surface area contributed by atoms with Crippen LogP contribution in [0.15, 0.2) is 23.1 Å². The minimum absolute atomic E-state index is 0.0872. The molecule has 0 aromatic heterocycles. The second-order valence-corrected chi connectivity index (χ2v) is 7.32. The number of nitrogens with zero attached hydrogens (tertiary/aromatic N) is 1. The molecule has 8 heteroatoms. The monoisotopic (exact) mass is 341 g/mol. The highest BCUT2D eigenvalue weighted by Gasteiger charge is 2.29. The van der Waals surface area contributed by atoms with E-state index in [1.807, 2.05) is 0 Å². The molecule has 0 radical (unpaired) electrons. The molecule has 0 atom stereocenters. The van der Waals surface area contributed by atoms with E-state index in [4.69, 9.17) is 4.74 Å². The Kier molecular flexibility index (Phi) is 5.97. The van der Waals surface area contributed by atoms with Crippen molar-refractivity contribution in [2.45, 2.75) is 24.2 Å². The first kappa shape index (κ1) is 17.7. The molecule has 1 aliphatic rings. The van der Waals surface area contributed by atoms with Crippen LogP contribution in [0.25, 0.3) is 0 Å². The Bertz CT molecular complexity index is 655. The summed E-state index contributed by atoms with van der Waals surface area (Å²) in [5, 5.41) is 5.41. The lowest BCUT2D eigenvalue weighted by Crippen LogP contribution is -2.35. The van der Waals surface area contributed by atoms with Gasteiger partial charge < -0.3 is 15.4 Å². The predicted molar refractivity (Wildman–Crippen MR) is 88.2 cm³/mol. The zero-order valence-electron chi connectivity index (χ0n) is 13.5. The van der Waals surface area contributed by atoms with Gasteiger partial charge in [-0.3, -0.25) is 4.79 Å². The molecule has 0 bridgehead atoms. The highest BCUT2D eigenvalue weighted by Crippen LogP contribution is 2.31. The number of amides is 1. The lowest BCUT2D eigenvalue weighted by atomic mass is 10.2. The molecule has 0 unspecified atom stereocenters. The molecule has 128 valence electrons. The number of carbonyl (C=O) groups excluding carboxylic acids is 1. The lowest BCUT2D eigenvalue weighted by Gasteiger charge is -2.26. The van der Waals surface area contributed by atoms with Gasteiger partial charge in [0.25, 0.3) is 0 Å². The van der Waals surface area contributed by atoms with Gasteiger partial charge in [-0.15, -0.1) is 0 Å². The van der Waals surface area contributed by atoms with E-state index in [9.17, 15) is 13.2 Å². The fourth-order valence-corrected chi connectivity index (χ4v) is 4.26. The maximum absolute atomic E-state index is 12.9. The Morgan fingerprint density at radius 2 is 1.96 bits per heavy atom. The number of sulfonamides is 1. The van der Waals surface area contributed by atoms with Crippen LogP contribution in [0.5, 0.6) is 5.75 Å². The van der Waals surface area contributed by atoms with Crippen LogP contribution in [0.4, 0.5) is 5.69 Å². The summed E-state index contributed by atoms with van der Waals surface area (Å²) in [6, 6.07) is 4.64. The summed E-state index contributed by atoms with van der Waals surface area (Å²) in [5.74, 6) is 0.0428. The van der Waals surface area contributed by atoms with E-state index in [0.717, 1.165) is 19.3 Å². The highest BCUT2D eigenvalue weighted by atomic mass is 32.2. The molecule has 1 aliphatic heterocycles. The van der Waals surface area contributed by atoms with Crippen molar-refractivity contribution in [3.05, 3.63) is 18.2 Å². The van der Waals surface area contributed by atoms with Crippen molar-refractivity contribution in [2.24, 2.45) is 0 Å². The number of piperidine rings is 1. The number of benzene rings is 1. The average molecular weight is 341 g/mol. The number of rotatable bonds is 6. The molecule has 1 amide bonds. The van der Waals surface area contributed by atoms with Crippen LogP contribution in [0.1, 0.15) is 19.3 Å². The smallest absolute Gasteiger partial charge is 0.246 e. The Morgan fingerprint density at radius 3 is 2.57 bits per heavy atom. The van der Waals surface area contributed by atoms with E-state index in [-0.39, 0.29) is 23.1 Å². The summed E-state index contributed by atoms with van der Waals surface area (Å²) >= 11 is 0. The van der Waals surface area contributed by atoms with Crippen molar-refractivity contribution in [3.8, 4) is 5.75 Å². The summed E-state index contributed by atoms with van der Waals surface area (Å²) < 4.78 is 32.4. The van der Waals surface area contributed by atoms with Crippen LogP contribution in [-0.4, -0.2) is 52.4 Å². The predicted octanol–water partition coefficient (Wildman–Crippen LogP) is 1.03. The second kappa shape index (κ2) is 7.76. The molecule has 23 heavy (non-hydrogen) atoms. The van der Waals surface area contributed by atoms with Gasteiger partial charge in [-0.05, 0) is 38.1 Å². The molecule has 2 rings (SSSR count). The number of methoxy groups -OCH3 is 1. The van der Waals surface area contributed by atoms with Gasteiger partial charge in [0, 0.05) is 18.8 Å². The van der Waals surface area contributed by atoms with Crippen LogP contribution >= 0.6 is 0 Å². The fourth-order valence-electron chi connectivity index (χ4n) is 2.57. The van der Waals surface area contributed by atoms with Gasteiger partial charge in [-0.1, -0.05) is 6.42 Å². The summed E-state index contributed by atoms with van der Waals surface area (Å²) in [7, 11) is -0.533. The van der Waals surface area contributed by atoms with E-state index in [2.05, 4.69) is 10.6 Å². The molecule has 7 nitrogen and oxygen atoms in total. The number of nitrogens with one attached hydrogen (secondary N) is 2. The SMILES string of the molecule is CNCC(=O)Nc1ccc(OC)c(S(=O)(=O)N2CCCCC2)c1. The van der Waals surface area contributed by atoms with Gasteiger partial charge in [0.2, 0.25) is 15.9 Å². The summed E-state index contributed by atoms with van der Waals surface area (Å²) in [6.45, 7) is 1.18. The van der Waals surface area contributed by atoms with Crippen LogP contribution in [0.2, 0.25) is 0 Å². The van der Waals surface area contributed by atoms with Crippen molar-refractivity contribution in [1.82, 2.24) is 9.62 Å². The van der Waals surface area contributed by atoms with Crippen LogP contribution in [0, 0.1) is 0 Å². The average Bonchev–Trinajstić information content (AvgIpc) is 2.56. The normalized spacial score (nSPS) is 16.1. The maximum atomic E-state index is 12.9. The van der Waals surface area contributed by atoms with Gasteiger partial charge in [-0.25, -0.2) is 8.42 Å². The van der Waals surface area contributed by atoms with E-state index >= 15 is 0 Å². The molecular formula is C15H23N3O4S. The third kappa shape index (κ3) is 4.21. The Balaban J connectivity index is 2.33.